The van der Waals surface area contributed by atoms with Crippen LogP contribution < -0.4 is 4.74 Å². The molecule has 0 spiro atoms. The molecule has 0 radical (unpaired) electrons. The van der Waals surface area contributed by atoms with Crippen LogP contribution in [0.5, 0.6) is 11.5 Å². The fourth-order valence-corrected chi connectivity index (χ4v) is 2.36. The molecule has 3 aromatic rings. The summed E-state index contributed by atoms with van der Waals surface area (Å²) in [6.45, 7) is 3.89. The van der Waals surface area contributed by atoms with E-state index < -0.39 is 23.5 Å². The Kier molecular flexibility index (Phi) is 7.05. The molecule has 0 aliphatic rings. The van der Waals surface area contributed by atoms with Gasteiger partial charge in [-0.3, -0.25) is 0 Å². The molecule has 2 aromatic carbocycles. The van der Waals surface area contributed by atoms with Gasteiger partial charge in [0.1, 0.15) is 17.1 Å². The number of carboxylic acids is 1. The van der Waals surface area contributed by atoms with Crippen molar-refractivity contribution in [1.29, 1.82) is 0 Å². The lowest BCUT2D eigenvalue weighted by Crippen LogP contribution is -2.04. The number of hydrogen-bond acceptors (Lipinski definition) is 7. The van der Waals surface area contributed by atoms with Gasteiger partial charge in [0.05, 0.1) is 17.6 Å². The molecule has 1 N–H and O–H groups in total. The number of rotatable bonds is 5. The lowest BCUT2D eigenvalue weighted by atomic mass is 10.1. The van der Waals surface area contributed by atoms with Crippen LogP contribution in [0.4, 0.5) is 0 Å². The van der Waals surface area contributed by atoms with Crippen molar-refractivity contribution in [1.82, 2.24) is 0 Å². The summed E-state index contributed by atoms with van der Waals surface area (Å²) in [6, 6.07) is 11.7. The third kappa shape index (κ3) is 5.04. The molecule has 146 valence electrons. The number of ether oxygens (including phenoxy) is 2. The first kappa shape index (κ1) is 20.8. The summed E-state index contributed by atoms with van der Waals surface area (Å²) in [5.41, 5.74) is 1.54. The van der Waals surface area contributed by atoms with Crippen molar-refractivity contribution in [3.8, 4) is 11.5 Å². The lowest BCUT2D eigenvalue weighted by molar-refractivity contribution is 0.0525. The zero-order valence-electron chi connectivity index (χ0n) is 15.0. The molecule has 0 aliphatic carbocycles. The van der Waals surface area contributed by atoms with E-state index in [1.807, 2.05) is 19.1 Å². The first-order valence-electron chi connectivity index (χ1n) is 8.04. The Labute approximate surface area is 163 Å². The van der Waals surface area contributed by atoms with Crippen LogP contribution in [0.15, 0.2) is 46.9 Å². The topological polar surface area (TPSA) is 120 Å². The normalized spacial score (nSPS) is 9.93. The van der Waals surface area contributed by atoms with E-state index in [2.05, 4.69) is 0 Å². The van der Waals surface area contributed by atoms with E-state index in [9.17, 15) is 9.59 Å². The summed E-state index contributed by atoms with van der Waals surface area (Å²) < 4.78 is 32.7. The van der Waals surface area contributed by atoms with Gasteiger partial charge < -0.3 is 19.0 Å². The van der Waals surface area contributed by atoms with Gasteiger partial charge in [0.2, 0.25) is 5.76 Å². The van der Waals surface area contributed by atoms with Crippen molar-refractivity contribution in [3.63, 3.8) is 0 Å². The number of benzene rings is 2. The van der Waals surface area contributed by atoms with Gasteiger partial charge in [-0.05, 0) is 38.1 Å². The van der Waals surface area contributed by atoms with E-state index in [4.69, 9.17) is 27.4 Å². The Bertz CT molecular complexity index is 1030. The molecule has 0 fully saturated rings. The Morgan fingerprint density at radius 3 is 2.32 bits per heavy atom. The number of aryl methyl sites for hydroxylation is 1. The van der Waals surface area contributed by atoms with Crippen LogP contribution in [0, 0.1) is 6.92 Å². The largest absolute Gasteiger partial charge is 0.475 e. The Balaban J connectivity index is 0.000000878. The highest BCUT2D eigenvalue weighted by Gasteiger charge is 2.18. The van der Waals surface area contributed by atoms with Gasteiger partial charge in [0.25, 0.3) is 0 Å². The summed E-state index contributed by atoms with van der Waals surface area (Å²) in [7, 11) is 0. The highest BCUT2D eigenvalue weighted by molar-refractivity contribution is 7.51. The SMILES string of the molecule is CCOC(=O)c1cc(Oc2ccc(C)cc2)c2cc(C(=O)O)oc2c1.O=S=O. The molecule has 0 amide bonds. The molecular weight excluding hydrogens is 388 g/mol. The number of carbonyl (C=O) groups is 2. The molecule has 1 aromatic heterocycles. The van der Waals surface area contributed by atoms with Gasteiger partial charge in [-0.25, -0.2) is 9.59 Å². The first-order valence-corrected chi connectivity index (χ1v) is 8.70. The molecule has 1 heterocycles. The third-order valence-electron chi connectivity index (χ3n) is 3.57. The van der Waals surface area contributed by atoms with Gasteiger partial charge in [-0.2, -0.15) is 8.42 Å². The maximum absolute atomic E-state index is 12.0. The minimum absolute atomic E-state index is 0.225. The summed E-state index contributed by atoms with van der Waals surface area (Å²) in [5.74, 6) is -1.09. The molecule has 0 saturated carbocycles. The van der Waals surface area contributed by atoms with Gasteiger partial charge in [-0.1, -0.05) is 17.7 Å². The number of esters is 1. The van der Waals surface area contributed by atoms with E-state index in [0.717, 1.165) is 5.56 Å². The zero-order chi connectivity index (χ0) is 20.7. The number of carbonyl (C=O) groups excluding carboxylic acids is 1. The molecule has 3 rings (SSSR count). The van der Waals surface area contributed by atoms with E-state index >= 15 is 0 Å². The van der Waals surface area contributed by atoms with Crippen LogP contribution in [-0.4, -0.2) is 32.1 Å². The molecule has 0 unspecified atom stereocenters. The molecule has 0 aliphatic heterocycles. The quantitative estimate of drug-likeness (QED) is 0.639. The molecule has 0 atom stereocenters. The van der Waals surface area contributed by atoms with Crippen molar-refractivity contribution in [3.05, 3.63) is 59.4 Å². The standard InChI is InChI=1S/C19H16O6.O2S/c1-3-23-19(22)12-8-15(24-13-6-4-11(2)5-7-13)14-10-17(18(20)21)25-16(14)9-12;1-3-2/h4-10H,3H2,1-2H3,(H,20,21);. The predicted molar refractivity (Wildman–Crippen MR) is 99.3 cm³/mol. The first-order chi connectivity index (χ1) is 13.4. The van der Waals surface area contributed by atoms with Crippen molar-refractivity contribution in [2.24, 2.45) is 0 Å². The van der Waals surface area contributed by atoms with Gasteiger partial charge in [0, 0.05) is 6.07 Å². The maximum Gasteiger partial charge on any atom is 0.371 e. The van der Waals surface area contributed by atoms with Gasteiger partial charge in [-0.15, -0.1) is 0 Å². The summed E-state index contributed by atoms with van der Waals surface area (Å²) in [4.78, 5) is 23.2. The smallest absolute Gasteiger partial charge is 0.371 e. The number of fused-ring (bicyclic) bond motifs is 1. The van der Waals surface area contributed by atoms with E-state index in [-0.39, 0.29) is 23.5 Å². The Hall–Kier alpha value is -3.46. The summed E-state index contributed by atoms with van der Waals surface area (Å²) in [5, 5.41) is 9.60. The second-order valence-electron chi connectivity index (χ2n) is 5.51. The monoisotopic (exact) mass is 404 g/mol. The fraction of sp³-hybridized carbons (Fsp3) is 0.158. The van der Waals surface area contributed by atoms with Crippen molar-refractivity contribution in [2.45, 2.75) is 13.8 Å². The molecule has 0 saturated heterocycles. The molecular formula is C19H16O8S. The predicted octanol–water partition coefficient (Wildman–Crippen LogP) is 3.74. The molecule has 0 bridgehead atoms. The van der Waals surface area contributed by atoms with Crippen molar-refractivity contribution < 1.29 is 37.0 Å². The van der Waals surface area contributed by atoms with Crippen LogP contribution in [-0.2, 0) is 16.3 Å². The number of carboxylic acid groups (broad SMARTS) is 1. The van der Waals surface area contributed by atoms with Crippen LogP contribution >= 0.6 is 0 Å². The van der Waals surface area contributed by atoms with Crippen LogP contribution in [0.25, 0.3) is 11.0 Å². The van der Waals surface area contributed by atoms with Gasteiger partial charge >= 0.3 is 23.5 Å². The molecule has 8 nitrogen and oxygen atoms in total. The van der Waals surface area contributed by atoms with Crippen LogP contribution in [0.3, 0.4) is 0 Å². The van der Waals surface area contributed by atoms with E-state index in [1.165, 1.54) is 18.2 Å². The fourth-order valence-electron chi connectivity index (χ4n) is 2.36. The zero-order valence-corrected chi connectivity index (χ0v) is 15.8. The van der Waals surface area contributed by atoms with Crippen molar-refractivity contribution in [2.75, 3.05) is 6.61 Å². The van der Waals surface area contributed by atoms with E-state index in [0.29, 0.717) is 16.9 Å². The Morgan fingerprint density at radius 1 is 1.11 bits per heavy atom. The molecule has 28 heavy (non-hydrogen) atoms. The highest BCUT2D eigenvalue weighted by Crippen LogP contribution is 2.34. The number of furan rings is 1. The Morgan fingerprint density at radius 2 is 1.75 bits per heavy atom. The molecule has 9 heteroatoms. The lowest BCUT2D eigenvalue weighted by Gasteiger charge is -2.09. The van der Waals surface area contributed by atoms with Crippen LogP contribution in [0.1, 0.15) is 33.4 Å². The van der Waals surface area contributed by atoms with Crippen molar-refractivity contribution >= 4 is 34.5 Å². The maximum atomic E-state index is 12.0. The minimum Gasteiger partial charge on any atom is -0.475 e. The van der Waals surface area contributed by atoms with E-state index in [1.54, 1.807) is 19.1 Å². The number of hydrogen-bond donors (Lipinski definition) is 1. The minimum atomic E-state index is -1.20. The highest BCUT2D eigenvalue weighted by atomic mass is 32.1. The second-order valence-corrected chi connectivity index (χ2v) is 5.64. The average Bonchev–Trinajstić information content (AvgIpc) is 3.09. The second kappa shape index (κ2) is 9.47. The number of aromatic carboxylic acids is 1. The average molecular weight is 404 g/mol. The summed E-state index contributed by atoms with van der Waals surface area (Å²) in [6.07, 6.45) is 0. The van der Waals surface area contributed by atoms with Gasteiger partial charge in [0.15, 0.2) is 0 Å². The third-order valence-corrected chi connectivity index (χ3v) is 3.57. The summed E-state index contributed by atoms with van der Waals surface area (Å²) >= 11 is -0.750. The van der Waals surface area contributed by atoms with Crippen LogP contribution in [0.2, 0.25) is 0 Å².